The molecule has 0 unspecified atom stereocenters. The first-order chi connectivity index (χ1) is 11.1. The molecule has 0 atom stereocenters. The van der Waals surface area contributed by atoms with Gasteiger partial charge in [-0.3, -0.25) is 9.69 Å². The summed E-state index contributed by atoms with van der Waals surface area (Å²) in [5.41, 5.74) is 0.134. The normalized spacial score (nSPS) is 19.1. The fraction of sp³-hybridized carbons (Fsp3) is 0.500. The van der Waals surface area contributed by atoms with E-state index in [1.54, 1.807) is 21.9 Å². The molecule has 2 heterocycles. The topological polar surface area (TPSA) is 55.9 Å². The lowest BCUT2D eigenvalue weighted by atomic mass is 10.1. The number of halogens is 1. The fourth-order valence-corrected chi connectivity index (χ4v) is 2.97. The molecule has 2 aliphatic heterocycles. The van der Waals surface area contributed by atoms with E-state index in [9.17, 15) is 14.0 Å². The summed E-state index contributed by atoms with van der Waals surface area (Å²) in [5, 5.41) is 2.78. The summed E-state index contributed by atoms with van der Waals surface area (Å²) < 4.78 is 13.7. The zero-order valence-electron chi connectivity index (χ0n) is 13.0. The van der Waals surface area contributed by atoms with E-state index >= 15 is 0 Å². The Morgan fingerprint density at radius 2 is 1.83 bits per heavy atom. The number of carbonyl (C=O) groups is 2. The predicted molar refractivity (Wildman–Crippen MR) is 83.7 cm³/mol. The van der Waals surface area contributed by atoms with Crippen LogP contribution >= 0.6 is 0 Å². The van der Waals surface area contributed by atoms with Gasteiger partial charge in [0.15, 0.2) is 0 Å². The van der Waals surface area contributed by atoms with Gasteiger partial charge < -0.3 is 15.1 Å². The maximum atomic E-state index is 13.7. The van der Waals surface area contributed by atoms with Crippen molar-refractivity contribution in [1.29, 1.82) is 0 Å². The van der Waals surface area contributed by atoms with Crippen molar-refractivity contribution in [3.05, 3.63) is 35.6 Å². The van der Waals surface area contributed by atoms with E-state index < -0.39 is 5.82 Å². The lowest BCUT2D eigenvalue weighted by molar-refractivity contribution is 0.0626. The molecule has 7 heteroatoms. The Labute approximate surface area is 134 Å². The van der Waals surface area contributed by atoms with Crippen LogP contribution in [0, 0.1) is 5.82 Å². The zero-order valence-corrected chi connectivity index (χ0v) is 13.0. The molecular weight excluding hydrogens is 299 g/mol. The number of urea groups is 1. The molecule has 3 rings (SSSR count). The number of nitrogens with one attached hydrogen (secondary N) is 1. The second-order valence-corrected chi connectivity index (χ2v) is 5.83. The number of hydrogen-bond donors (Lipinski definition) is 1. The van der Waals surface area contributed by atoms with Gasteiger partial charge in [-0.15, -0.1) is 0 Å². The SMILES string of the molecule is O=C1NCCN1CCN1CCN(C(=O)c2ccccc2F)CC1. The summed E-state index contributed by atoms with van der Waals surface area (Å²) in [6.45, 7) is 5.63. The number of carbonyl (C=O) groups excluding carboxylic acids is 2. The first kappa shape index (κ1) is 15.7. The van der Waals surface area contributed by atoms with Crippen LogP contribution < -0.4 is 5.32 Å². The van der Waals surface area contributed by atoms with Gasteiger partial charge in [-0.1, -0.05) is 12.1 Å². The van der Waals surface area contributed by atoms with Gasteiger partial charge in [0.1, 0.15) is 5.82 Å². The number of benzene rings is 1. The molecule has 124 valence electrons. The minimum atomic E-state index is -0.472. The van der Waals surface area contributed by atoms with Crippen LogP contribution in [0.25, 0.3) is 0 Å². The highest BCUT2D eigenvalue weighted by atomic mass is 19.1. The summed E-state index contributed by atoms with van der Waals surface area (Å²) in [6.07, 6.45) is 0. The smallest absolute Gasteiger partial charge is 0.317 e. The van der Waals surface area contributed by atoms with Gasteiger partial charge in [-0.25, -0.2) is 9.18 Å². The van der Waals surface area contributed by atoms with Crippen molar-refractivity contribution in [3.63, 3.8) is 0 Å². The maximum Gasteiger partial charge on any atom is 0.317 e. The lowest BCUT2D eigenvalue weighted by Crippen LogP contribution is -2.50. The number of amides is 3. The Morgan fingerprint density at radius 1 is 1.09 bits per heavy atom. The number of rotatable bonds is 4. The van der Waals surface area contributed by atoms with Crippen LogP contribution in [0.2, 0.25) is 0 Å². The third-order valence-corrected chi connectivity index (χ3v) is 4.40. The molecule has 0 aliphatic carbocycles. The molecule has 0 bridgehead atoms. The summed E-state index contributed by atoms with van der Waals surface area (Å²) >= 11 is 0. The molecule has 23 heavy (non-hydrogen) atoms. The van der Waals surface area contributed by atoms with Crippen molar-refractivity contribution in [2.24, 2.45) is 0 Å². The van der Waals surface area contributed by atoms with E-state index in [0.29, 0.717) is 26.2 Å². The maximum absolute atomic E-state index is 13.7. The average molecular weight is 320 g/mol. The summed E-state index contributed by atoms with van der Waals surface area (Å²) in [6, 6.07) is 6.09. The minimum absolute atomic E-state index is 0.00151. The molecule has 6 nitrogen and oxygen atoms in total. The molecule has 1 aromatic rings. The highest BCUT2D eigenvalue weighted by Gasteiger charge is 2.25. The van der Waals surface area contributed by atoms with Gasteiger partial charge in [-0.2, -0.15) is 0 Å². The first-order valence-electron chi connectivity index (χ1n) is 7.94. The third kappa shape index (κ3) is 3.61. The highest BCUT2D eigenvalue weighted by molar-refractivity contribution is 5.94. The lowest BCUT2D eigenvalue weighted by Gasteiger charge is -2.35. The van der Waals surface area contributed by atoms with Crippen LogP contribution in [0.4, 0.5) is 9.18 Å². The van der Waals surface area contributed by atoms with Crippen molar-refractivity contribution >= 4 is 11.9 Å². The fourth-order valence-electron chi connectivity index (χ4n) is 2.97. The van der Waals surface area contributed by atoms with Crippen molar-refractivity contribution in [2.75, 3.05) is 52.4 Å². The highest BCUT2D eigenvalue weighted by Crippen LogP contribution is 2.12. The Kier molecular flexibility index (Phi) is 4.76. The van der Waals surface area contributed by atoms with Crippen LogP contribution in [-0.2, 0) is 0 Å². The van der Waals surface area contributed by atoms with Crippen molar-refractivity contribution < 1.29 is 14.0 Å². The largest absolute Gasteiger partial charge is 0.336 e. The molecule has 0 radical (unpaired) electrons. The first-order valence-corrected chi connectivity index (χ1v) is 7.94. The second kappa shape index (κ2) is 6.95. The van der Waals surface area contributed by atoms with Crippen LogP contribution in [0.3, 0.4) is 0 Å². The van der Waals surface area contributed by atoms with E-state index in [0.717, 1.165) is 26.2 Å². The Balaban J connectivity index is 1.47. The van der Waals surface area contributed by atoms with E-state index in [-0.39, 0.29) is 17.5 Å². The van der Waals surface area contributed by atoms with E-state index in [2.05, 4.69) is 10.2 Å². The third-order valence-electron chi connectivity index (χ3n) is 4.40. The Bertz CT molecular complexity index is 587. The van der Waals surface area contributed by atoms with Crippen molar-refractivity contribution in [1.82, 2.24) is 20.0 Å². The predicted octanol–water partition coefficient (Wildman–Crippen LogP) is 0.609. The molecule has 1 aromatic carbocycles. The molecule has 0 spiro atoms. The quantitative estimate of drug-likeness (QED) is 0.884. The second-order valence-electron chi connectivity index (χ2n) is 5.83. The van der Waals surface area contributed by atoms with Crippen molar-refractivity contribution in [2.45, 2.75) is 0 Å². The molecule has 1 N–H and O–H groups in total. The summed E-state index contributed by atoms with van der Waals surface area (Å²) in [4.78, 5) is 29.6. The van der Waals surface area contributed by atoms with Crippen molar-refractivity contribution in [3.8, 4) is 0 Å². The molecule has 2 aliphatic rings. The standard InChI is InChI=1S/C16H21FN4O2/c17-14-4-2-1-3-13(14)15(22)20-10-7-19(8-11-20)9-12-21-6-5-18-16(21)23/h1-4H,5-12H2,(H,18,23). The molecule has 0 saturated carbocycles. The van der Waals surface area contributed by atoms with E-state index in [4.69, 9.17) is 0 Å². The molecule has 2 saturated heterocycles. The van der Waals surface area contributed by atoms with Crippen LogP contribution in [0.15, 0.2) is 24.3 Å². The molecule has 0 aromatic heterocycles. The Morgan fingerprint density at radius 3 is 2.48 bits per heavy atom. The number of piperazine rings is 1. The Hall–Kier alpha value is -2.15. The summed E-state index contributed by atoms with van der Waals surface area (Å²) in [7, 11) is 0. The van der Waals surface area contributed by atoms with Gasteiger partial charge in [0.25, 0.3) is 5.91 Å². The minimum Gasteiger partial charge on any atom is -0.336 e. The van der Waals surface area contributed by atoms with Crippen LogP contribution in [-0.4, -0.2) is 79.0 Å². The van der Waals surface area contributed by atoms with Gasteiger partial charge >= 0.3 is 6.03 Å². The van der Waals surface area contributed by atoms with Gasteiger partial charge in [0.05, 0.1) is 5.56 Å². The average Bonchev–Trinajstić information content (AvgIpc) is 2.98. The van der Waals surface area contributed by atoms with Gasteiger partial charge in [0, 0.05) is 52.4 Å². The molecular formula is C16H21FN4O2. The monoisotopic (exact) mass is 320 g/mol. The van der Waals surface area contributed by atoms with E-state index in [1.807, 2.05) is 0 Å². The van der Waals surface area contributed by atoms with Crippen LogP contribution in [0.5, 0.6) is 0 Å². The number of nitrogens with zero attached hydrogens (tertiary/aromatic N) is 3. The molecule has 2 fully saturated rings. The zero-order chi connectivity index (χ0) is 16.2. The van der Waals surface area contributed by atoms with Gasteiger partial charge in [-0.05, 0) is 12.1 Å². The van der Waals surface area contributed by atoms with E-state index in [1.165, 1.54) is 12.1 Å². The van der Waals surface area contributed by atoms with Crippen LogP contribution in [0.1, 0.15) is 10.4 Å². The molecule has 3 amide bonds. The summed E-state index contributed by atoms with van der Waals surface area (Å²) in [5.74, 6) is -0.721. The van der Waals surface area contributed by atoms with Gasteiger partial charge in [0.2, 0.25) is 0 Å². The number of hydrogen-bond acceptors (Lipinski definition) is 3.